The molecule has 2 aromatic rings. The Kier molecular flexibility index (Phi) is 6.01. The van der Waals surface area contributed by atoms with Gasteiger partial charge in [-0.25, -0.2) is 0 Å². The Morgan fingerprint density at radius 2 is 2.23 bits per heavy atom. The summed E-state index contributed by atoms with van der Waals surface area (Å²) in [6, 6.07) is 7.38. The molecule has 1 aromatic heterocycles. The Labute approximate surface area is 153 Å². The van der Waals surface area contributed by atoms with E-state index in [0.717, 1.165) is 25.1 Å². The number of likely N-dealkylation sites (N-methyl/N-ethyl adjacent to an activating group) is 1. The van der Waals surface area contributed by atoms with E-state index in [0.29, 0.717) is 36.2 Å². The maximum Gasteiger partial charge on any atom is 0.227 e. The number of nitrogens with zero attached hydrogens (tertiary/aromatic N) is 3. The number of benzene rings is 1. The quantitative estimate of drug-likeness (QED) is 0.822. The average Bonchev–Trinajstić information content (AvgIpc) is 3.11. The molecular weight excluding hydrogens is 332 g/mol. The molecular formula is C19H24N4O3. The van der Waals surface area contributed by atoms with Gasteiger partial charge in [0.2, 0.25) is 11.8 Å². The molecule has 1 N–H and O–H groups in total. The number of hydrogen-bond acceptors (Lipinski definition) is 6. The highest BCUT2D eigenvalue weighted by Crippen LogP contribution is 2.24. The minimum Gasteiger partial charge on any atom is -0.492 e. The monoisotopic (exact) mass is 356 g/mol. The Morgan fingerprint density at radius 3 is 3.00 bits per heavy atom. The van der Waals surface area contributed by atoms with E-state index in [1.54, 1.807) is 0 Å². The zero-order valence-electron chi connectivity index (χ0n) is 15.2. The first-order valence-corrected chi connectivity index (χ1v) is 8.88. The fraction of sp³-hybridized carbons (Fsp3) is 0.421. The van der Waals surface area contributed by atoms with Crippen LogP contribution in [0.25, 0.3) is 5.57 Å². The first-order valence-electron chi connectivity index (χ1n) is 8.88. The molecule has 1 aliphatic heterocycles. The van der Waals surface area contributed by atoms with Crippen LogP contribution in [0.4, 0.5) is 5.69 Å². The van der Waals surface area contributed by atoms with Crippen molar-refractivity contribution in [1.82, 2.24) is 15.0 Å². The maximum atomic E-state index is 12.2. The fourth-order valence-corrected chi connectivity index (χ4v) is 2.75. The predicted octanol–water partition coefficient (Wildman–Crippen LogP) is 2.76. The van der Waals surface area contributed by atoms with E-state index in [-0.39, 0.29) is 12.3 Å². The van der Waals surface area contributed by atoms with Crippen molar-refractivity contribution in [2.75, 3.05) is 32.1 Å². The van der Waals surface area contributed by atoms with Crippen LogP contribution < -0.4 is 10.1 Å². The maximum absolute atomic E-state index is 12.2. The molecule has 1 aromatic carbocycles. The number of ether oxygens (including phenoxy) is 1. The van der Waals surface area contributed by atoms with Crippen LogP contribution in [-0.4, -0.2) is 47.7 Å². The largest absolute Gasteiger partial charge is 0.492 e. The number of hydrogen-bond donors (Lipinski definition) is 1. The Hall–Kier alpha value is -2.67. The van der Waals surface area contributed by atoms with Gasteiger partial charge >= 0.3 is 0 Å². The SMILES string of the molecule is CCOc1ccccc1NC(=O)CCc1nc(C2=CCN(C)CC2)no1. The normalized spacial score (nSPS) is 14.8. The Balaban J connectivity index is 1.54. The number of anilines is 1. The van der Waals surface area contributed by atoms with Crippen LogP contribution in [-0.2, 0) is 11.2 Å². The van der Waals surface area contributed by atoms with Crippen molar-refractivity contribution >= 4 is 17.2 Å². The topological polar surface area (TPSA) is 80.5 Å². The van der Waals surface area contributed by atoms with Gasteiger partial charge in [0.15, 0.2) is 5.82 Å². The lowest BCUT2D eigenvalue weighted by molar-refractivity contribution is -0.116. The lowest BCUT2D eigenvalue weighted by atomic mass is 10.1. The molecule has 0 saturated heterocycles. The molecule has 0 atom stereocenters. The van der Waals surface area contributed by atoms with Crippen molar-refractivity contribution in [2.24, 2.45) is 0 Å². The van der Waals surface area contributed by atoms with Crippen LogP contribution in [0.5, 0.6) is 5.75 Å². The first kappa shape index (κ1) is 18.1. The van der Waals surface area contributed by atoms with Crippen LogP contribution in [0.1, 0.15) is 31.5 Å². The number of rotatable bonds is 7. The molecule has 2 heterocycles. The van der Waals surface area contributed by atoms with Gasteiger partial charge in [0.1, 0.15) is 5.75 Å². The standard InChI is InChI=1S/C19H24N4O3/c1-3-25-16-7-5-4-6-15(16)20-17(24)8-9-18-21-19(22-26-18)14-10-12-23(2)13-11-14/h4-7,10H,3,8-9,11-13H2,1-2H3,(H,20,24). The molecule has 3 rings (SSSR count). The second-order valence-corrected chi connectivity index (χ2v) is 6.23. The van der Waals surface area contributed by atoms with Gasteiger partial charge in [0.05, 0.1) is 12.3 Å². The summed E-state index contributed by atoms with van der Waals surface area (Å²) in [4.78, 5) is 18.9. The molecule has 0 fully saturated rings. The number of amides is 1. The van der Waals surface area contributed by atoms with Gasteiger partial charge in [0.25, 0.3) is 0 Å². The van der Waals surface area contributed by atoms with E-state index in [2.05, 4.69) is 33.5 Å². The van der Waals surface area contributed by atoms with Crippen LogP contribution in [0.15, 0.2) is 34.9 Å². The van der Waals surface area contributed by atoms with Crippen molar-refractivity contribution < 1.29 is 14.1 Å². The van der Waals surface area contributed by atoms with Crippen molar-refractivity contribution in [3.05, 3.63) is 42.1 Å². The summed E-state index contributed by atoms with van der Waals surface area (Å²) in [6.07, 6.45) is 3.70. The number of carbonyl (C=O) groups is 1. The fourth-order valence-electron chi connectivity index (χ4n) is 2.75. The van der Waals surface area contributed by atoms with Gasteiger partial charge < -0.3 is 19.5 Å². The lowest BCUT2D eigenvalue weighted by Crippen LogP contribution is -2.23. The van der Waals surface area contributed by atoms with E-state index in [4.69, 9.17) is 9.26 Å². The number of aryl methyl sites for hydroxylation is 1. The van der Waals surface area contributed by atoms with E-state index in [9.17, 15) is 4.79 Å². The van der Waals surface area contributed by atoms with Crippen LogP contribution in [0.3, 0.4) is 0 Å². The van der Waals surface area contributed by atoms with Gasteiger partial charge in [0, 0.05) is 25.9 Å². The molecule has 138 valence electrons. The van der Waals surface area contributed by atoms with Gasteiger partial charge in [-0.15, -0.1) is 0 Å². The minimum atomic E-state index is -0.115. The van der Waals surface area contributed by atoms with Crippen LogP contribution in [0, 0.1) is 0 Å². The van der Waals surface area contributed by atoms with Crippen molar-refractivity contribution in [3.63, 3.8) is 0 Å². The van der Waals surface area contributed by atoms with Crippen molar-refractivity contribution in [2.45, 2.75) is 26.2 Å². The van der Waals surface area contributed by atoms with Crippen LogP contribution >= 0.6 is 0 Å². The summed E-state index contributed by atoms with van der Waals surface area (Å²) in [7, 11) is 2.08. The molecule has 1 aliphatic rings. The van der Waals surface area contributed by atoms with Gasteiger partial charge in [-0.3, -0.25) is 4.79 Å². The third-order valence-corrected chi connectivity index (χ3v) is 4.19. The molecule has 0 radical (unpaired) electrons. The molecule has 0 spiro atoms. The summed E-state index contributed by atoms with van der Waals surface area (Å²) in [5.41, 5.74) is 1.77. The van der Waals surface area contributed by atoms with Gasteiger partial charge in [-0.05, 0) is 38.1 Å². The summed E-state index contributed by atoms with van der Waals surface area (Å²) >= 11 is 0. The second kappa shape index (κ2) is 8.62. The molecule has 7 heteroatoms. The predicted molar refractivity (Wildman–Crippen MR) is 99.0 cm³/mol. The molecule has 0 bridgehead atoms. The van der Waals surface area contributed by atoms with E-state index >= 15 is 0 Å². The number of para-hydroxylation sites is 2. The highest BCUT2D eigenvalue weighted by atomic mass is 16.5. The highest BCUT2D eigenvalue weighted by molar-refractivity contribution is 5.92. The summed E-state index contributed by atoms with van der Waals surface area (Å²) in [5, 5.41) is 6.91. The minimum absolute atomic E-state index is 0.115. The molecule has 0 unspecified atom stereocenters. The molecule has 26 heavy (non-hydrogen) atoms. The zero-order valence-corrected chi connectivity index (χ0v) is 15.2. The van der Waals surface area contributed by atoms with E-state index in [1.807, 2.05) is 31.2 Å². The molecule has 0 aliphatic carbocycles. The highest BCUT2D eigenvalue weighted by Gasteiger charge is 2.16. The van der Waals surface area contributed by atoms with Gasteiger partial charge in [-0.1, -0.05) is 23.4 Å². The van der Waals surface area contributed by atoms with E-state index < -0.39 is 0 Å². The van der Waals surface area contributed by atoms with Crippen molar-refractivity contribution in [3.8, 4) is 5.75 Å². The zero-order chi connectivity index (χ0) is 18.4. The average molecular weight is 356 g/mol. The third kappa shape index (κ3) is 4.70. The van der Waals surface area contributed by atoms with Crippen molar-refractivity contribution in [1.29, 1.82) is 0 Å². The summed E-state index contributed by atoms with van der Waals surface area (Å²) in [5.74, 6) is 1.66. The smallest absolute Gasteiger partial charge is 0.227 e. The molecule has 0 saturated carbocycles. The Bertz CT molecular complexity index is 785. The lowest BCUT2D eigenvalue weighted by Gasteiger charge is -2.19. The van der Waals surface area contributed by atoms with Crippen LogP contribution in [0.2, 0.25) is 0 Å². The Morgan fingerprint density at radius 1 is 1.38 bits per heavy atom. The van der Waals surface area contributed by atoms with Gasteiger partial charge in [-0.2, -0.15) is 4.98 Å². The molecule has 1 amide bonds. The van der Waals surface area contributed by atoms with E-state index in [1.165, 1.54) is 0 Å². The summed E-state index contributed by atoms with van der Waals surface area (Å²) in [6.45, 7) is 4.33. The number of carbonyl (C=O) groups excluding carboxylic acids is 1. The number of aromatic nitrogens is 2. The first-order chi connectivity index (χ1) is 12.7. The molecule has 7 nitrogen and oxygen atoms in total. The second-order valence-electron chi connectivity index (χ2n) is 6.23. The summed E-state index contributed by atoms with van der Waals surface area (Å²) < 4.78 is 10.8. The third-order valence-electron chi connectivity index (χ3n) is 4.19. The number of nitrogens with one attached hydrogen (secondary N) is 1.